The summed E-state index contributed by atoms with van der Waals surface area (Å²) in [5.74, 6) is 2.53. The predicted octanol–water partition coefficient (Wildman–Crippen LogP) is 3.07. The Hall–Kier alpha value is -2.54. The summed E-state index contributed by atoms with van der Waals surface area (Å²) in [5, 5.41) is 10.7. The number of aliphatic imine (C=N–C) groups is 1. The molecule has 1 saturated heterocycles. The first-order chi connectivity index (χ1) is 14.1. The number of ether oxygens (including phenoxy) is 2. The summed E-state index contributed by atoms with van der Waals surface area (Å²) in [6.45, 7) is 8.80. The average Bonchev–Trinajstić information content (AvgIpc) is 3.34. The van der Waals surface area contributed by atoms with Crippen molar-refractivity contribution in [1.29, 1.82) is 0 Å². The van der Waals surface area contributed by atoms with Gasteiger partial charge in [0.2, 0.25) is 0 Å². The maximum atomic E-state index is 6.08. The van der Waals surface area contributed by atoms with E-state index in [4.69, 9.17) is 14.0 Å². The summed E-state index contributed by atoms with van der Waals surface area (Å²) in [4.78, 5) is 4.32. The van der Waals surface area contributed by atoms with Gasteiger partial charge in [0.1, 0.15) is 18.1 Å². The zero-order valence-electron chi connectivity index (χ0n) is 17.9. The second kappa shape index (κ2) is 10.3. The van der Waals surface area contributed by atoms with E-state index in [-0.39, 0.29) is 6.10 Å². The molecule has 2 heterocycles. The van der Waals surface area contributed by atoms with Gasteiger partial charge in [0.15, 0.2) is 5.96 Å². The van der Waals surface area contributed by atoms with Gasteiger partial charge >= 0.3 is 0 Å². The quantitative estimate of drug-likeness (QED) is 0.524. The van der Waals surface area contributed by atoms with Crippen LogP contribution in [0.4, 0.5) is 0 Å². The summed E-state index contributed by atoms with van der Waals surface area (Å²) in [6.07, 6.45) is 3.23. The monoisotopic (exact) mass is 400 g/mol. The minimum absolute atomic E-state index is 0.204. The van der Waals surface area contributed by atoms with E-state index in [1.807, 2.05) is 13.8 Å². The molecule has 158 valence electrons. The Bertz CT molecular complexity index is 806. The highest BCUT2D eigenvalue weighted by molar-refractivity contribution is 5.79. The van der Waals surface area contributed by atoms with Gasteiger partial charge in [0.05, 0.1) is 11.8 Å². The standard InChI is InChI=1S/C22H32N4O3/c1-15-7-8-18(21(12-15)28-14-19-6-5-11-27-19)13-25-22(23-4)24-10-9-20-16(2)26-29-17(20)3/h7-8,12,19H,5-6,9-11,13-14H2,1-4H3,(H2,23,24,25). The van der Waals surface area contributed by atoms with Crippen LogP contribution in [0.5, 0.6) is 5.75 Å². The molecule has 1 aliphatic heterocycles. The molecule has 29 heavy (non-hydrogen) atoms. The van der Waals surface area contributed by atoms with Gasteiger partial charge in [-0.05, 0) is 51.7 Å². The molecule has 1 atom stereocenters. The molecule has 0 radical (unpaired) electrons. The third-order valence-corrected chi connectivity index (χ3v) is 5.19. The third-order valence-electron chi connectivity index (χ3n) is 5.19. The van der Waals surface area contributed by atoms with Crippen molar-refractivity contribution in [2.75, 3.05) is 26.8 Å². The minimum Gasteiger partial charge on any atom is -0.491 e. The van der Waals surface area contributed by atoms with Crippen molar-refractivity contribution in [2.45, 2.75) is 52.7 Å². The second-order valence-electron chi connectivity index (χ2n) is 7.46. The molecule has 2 N–H and O–H groups in total. The van der Waals surface area contributed by atoms with Crippen molar-refractivity contribution < 1.29 is 14.0 Å². The molecule has 3 rings (SSSR count). The summed E-state index contributed by atoms with van der Waals surface area (Å²) in [7, 11) is 1.77. The van der Waals surface area contributed by atoms with Crippen molar-refractivity contribution in [3.05, 3.63) is 46.3 Å². The van der Waals surface area contributed by atoms with Crippen molar-refractivity contribution in [1.82, 2.24) is 15.8 Å². The third kappa shape index (κ3) is 5.97. The summed E-state index contributed by atoms with van der Waals surface area (Å²) in [5.41, 5.74) is 4.37. The number of nitrogens with zero attached hydrogens (tertiary/aromatic N) is 2. The predicted molar refractivity (Wildman–Crippen MR) is 114 cm³/mol. The van der Waals surface area contributed by atoms with Crippen LogP contribution in [0.2, 0.25) is 0 Å². The minimum atomic E-state index is 0.204. The maximum Gasteiger partial charge on any atom is 0.191 e. The van der Waals surface area contributed by atoms with Crippen molar-refractivity contribution in [3.63, 3.8) is 0 Å². The Morgan fingerprint density at radius 1 is 1.28 bits per heavy atom. The molecule has 1 aliphatic rings. The Kier molecular flexibility index (Phi) is 7.52. The Morgan fingerprint density at radius 2 is 2.14 bits per heavy atom. The van der Waals surface area contributed by atoms with Crippen molar-refractivity contribution >= 4 is 5.96 Å². The van der Waals surface area contributed by atoms with Gasteiger partial charge in [-0.3, -0.25) is 4.99 Å². The van der Waals surface area contributed by atoms with Gasteiger partial charge in [-0.2, -0.15) is 0 Å². The van der Waals surface area contributed by atoms with E-state index < -0.39 is 0 Å². The summed E-state index contributed by atoms with van der Waals surface area (Å²) >= 11 is 0. The highest BCUT2D eigenvalue weighted by Crippen LogP contribution is 2.22. The lowest BCUT2D eigenvalue weighted by molar-refractivity contribution is 0.0676. The lowest BCUT2D eigenvalue weighted by atomic mass is 10.1. The number of guanidine groups is 1. The van der Waals surface area contributed by atoms with Gasteiger partial charge in [0, 0.05) is 37.9 Å². The first kappa shape index (κ1) is 21.2. The van der Waals surface area contributed by atoms with Gasteiger partial charge in [-0.25, -0.2) is 0 Å². The molecule has 1 fully saturated rings. The van der Waals surface area contributed by atoms with Gasteiger partial charge < -0.3 is 24.6 Å². The number of hydrogen-bond donors (Lipinski definition) is 2. The topological polar surface area (TPSA) is 80.9 Å². The average molecular weight is 401 g/mol. The van der Waals surface area contributed by atoms with Crippen molar-refractivity contribution in [3.8, 4) is 5.75 Å². The molecule has 0 aliphatic carbocycles. The normalized spacial score (nSPS) is 16.8. The number of benzene rings is 1. The van der Waals surface area contributed by atoms with Crippen LogP contribution in [0.1, 0.15) is 41.0 Å². The first-order valence-corrected chi connectivity index (χ1v) is 10.3. The molecule has 2 aromatic rings. The molecule has 7 nitrogen and oxygen atoms in total. The van der Waals surface area contributed by atoms with E-state index in [0.29, 0.717) is 13.2 Å². The molecule has 0 saturated carbocycles. The molecule has 1 aromatic heterocycles. The SMILES string of the molecule is CN=C(NCCc1c(C)noc1C)NCc1ccc(C)cc1OCC1CCCO1. The Balaban J connectivity index is 1.51. The number of aryl methyl sites for hydroxylation is 3. The highest BCUT2D eigenvalue weighted by atomic mass is 16.5. The van der Waals surface area contributed by atoms with E-state index in [2.05, 4.69) is 45.9 Å². The molecule has 0 amide bonds. The van der Waals surface area contributed by atoms with Crippen LogP contribution in [-0.4, -0.2) is 44.0 Å². The van der Waals surface area contributed by atoms with Gasteiger partial charge in [-0.15, -0.1) is 0 Å². The van der Waals surface area contributed by atoms with Gasteiger partial charge in [0.25, 0.3) is 0 Å². The van der Waals surface area contributed by atoms with E-state index in [0.717, 1.165) is 66.7 Å². The number of aromatic nitrogens is 1. The van der Waals surface area contributed by atoms with Crippen LogP contribution in [-0.2, 0) is 17.7 Å². The van der Waals surface area contributed by atoms with Crippen LogP contribution in [0.15, 0.2) is 27.7 Å². The molecule has 7 heteroatoms. The van der Waals surface area contributed by atoms with Crippen LogP contribution in [0.3, 0.4) is 0 Å². The second-order valence-corrected chi connectivity index (χ2v) is 7.46. The van der Waals surface area contributed by atoms with E-state index in [1.165, 1.54) is 5.56 Å². The molecule has 1 unspecified atom stereocenters. The van der Waals surface area contributed by atoms with Crippen LogP contribution in [0, 0.1) is 20.8 Å². The van der Waals surface area contributed by atoms with E-state index >= 15 is 0 Å². The van der Waals surface area contributed by atoms with E-state index in [9.17, 15) is 0 Å². The Morgan fingerprint density at radius 3 is 2.83 bits per heavy atom. The van der Waals surface area contributed by atoms with Gasteiger partial charge in [-0.1, -0.05) is 17.3 Å². The zero-order valence-corrected chi connectivity index (χ0v) is 17.9. The van der Waals surface area contributed by atoms with Crippen LogP contribution < -0.4 is 15.4 Å². The summed E-state index contributed by atoms with van der Waals surface area (Å²) in [6, 6.07) is 6.29. The molecular weight excluding hydrogens is 368 g/mol. The van der Waals surface area contributed by atoms with Crippen LogP contribution in [0.25, 0.3) is 0 Å². The zero-order chi connectivity index (χ0) is 20.6. The van der Waals surface area contributed by atoms with Crippen LogP contribution >= 0.6 is 0 Å². The molecule has 0 spiro atoms. The smallest absolute Gasteiger partial charge is 0.191 e. The fourth-order valence-corrected chi connectivity index (χ4v) is 3.46. The largest absolute Gasteiger partial charge is 0.491 e. The highest BCUT2D eigenvalue weighted by Gasteiger charge is 2.17. The number of nitrogens with one attached hydrogen (secondary N) is 2. The lowest BCUT2D eigenvalue weighted by Crippen LogP contribution is -2.38. The molecule has 0 bridgehead atoms. The van der Waals surface area contributed by atoms with Crippen molar-refractivity contribution in [2.24, 2.45) is 4.99 Å². The molecular formula is C22H32N4O3. The Labute approximate surface area is 172 Å². The number of rotatable bonds is 8. The fourth-order valence-electron chi connectivity index (χ4n) is 3.46. The summed E-state index contributed by atoms with van der Waals surface area (Å²) < 4.78 is 17.0. The number of hydrogen-bond acceptors (Lipinski definition) is 5. The maximum absolute atomic E-state index is 6.08. The van der Waals surface area contributed by atoms with E-state index in [1.54, 1.807) is 7.05 Å². The molecule has 1 aromatic carbocycles. The lowest BCUT2D eigenvalue weighted by Gasteiger charge is -2.17. The first-order valence-electron chi connectivity index (χ1n) is 10.3. The fraction of sp³-hybridized carbons (Fsp3) is 0.545.